The minimum Gasteiger partial charge on any atom is -0.368 e. The van der Waals surface area contributed by atoms with E-state index < -0.39 is 21.3 Å². The number of primary amides is 1. The van der Waals surface area contributed by atoms with E-state index in [9.17, 15) is 13.2 Å². The van der Waals surface area contributed by atoms with Gasteiger partial charge < -0.3 is 5.73 Å². The lowest BCUT2D eigenvalue weighted by Crippen LogP contribution is -2.27. The molecular weight excluding hydrogens is 214 g/mol. The third-order valence-electron chi connectivity index (χ3n) is 1.40. The number of thiophene rings is 1. The highest BCUT2D eigenvalue weighted by Crippen LogP contribution is 2.22. The van der Waals surface area contributed by atoms with Crippen molar-refractivity contribution in [1.29, 1.82) is 0 Å². The summed E-state index contributed by atoms with van der Waals surface area (Å²) in [5.74, 6) is -1.08. The molecule has 0 fully saturated rings. The SMILES string of the molecule is NC(=O)C(c1ccsc1)S(=O)(=O)O. The first-order valence-corrected chi connectivity index (χ1v) is 5.65. The fourth-order valence-corrected chi connectivity index (χ4v) is 2.46. The summed E-state index contributed by atoms with van der Waals surface area (Å²) in [5.41, 5.74) is 5.04. The van der Waals surface area contributed by atoms with E-state index in [-0.39, 0.29) is 5.56 Å². The van der Waals surface area contributed by atoms with Crippen LogP contribution in [0.2, 0.25) is 0 Å². The van der Waals surface area contributed by atoms with Crippen LogP contribution in [0.3, 0.4) is 0 Å². The largest absolute Gasteiger partial charge is 0.368 e. The molecule has 0 aromatic carbocycles. The molecule has 1 unspecified atom stereocenters. The topological polar surface area (TPSA) is 97.5 Å². The van der Waals surface area contributed by atoms with Crippen molar-refractivity contribution in [3.05, 3.63) is 22.4 Å². The molecule has 1 aromatic heterocycles. The Morgan fingerprint density at radius 1 is 1.62 bits per heavy atom. The molecule has 7 heteroatoms. The Hall–Kier alpha value is -0.920. The highest BCUT2D eigenvalue weighted by molar-refractivity contribution is 7.86. The average Bonchev–Trinajstić information content (AvgIpc) is 2.34. The average molecular weight is 221 g/mol. The van der Waals surface area contributed by atoms with Crippen LogP contribution in [0, 0.1) is 0 Å². The standard InChI is InChI=1S/C6H7NO4S2/c7-6(8)5(13(9,10)11)4-1-2-12-3-4/h1-3,5H,(H2,7,8)(H,9,10,11). The highest BCUT2D eigenvalue weighted by Gasteiger charge is 2.30. The molecular formula is C6H7NO4S2. The van der Waals surface area contributed by atoms with Crippen molar-refractivity contribution >= 4 is 27.4 Å². The van der Waals surface area contributed by atoms with Crippen LogP contribution < -0.4 is 5.73 Å². The van der Waals surface area contributed by atoms with Gasteiger partial charge in [0.25, 0.3) is 10.1 Å². The van der Waals surface area contributed by atoms with Gasteiger partial charge in [-0.1, -0.05) is 0 Å². The summed E-state index contributed by atoms with van der Waals surface area (Å²) in [6.07, 6.45) is 0. The summed E-state index contributed by atoms with van der Waals surface area (Å²) in [7, 11) is -4.45. The lowest BCUT2D eigenvalue weighted by atomic mass is 10.2. The summed E-state index contributed by atoms with van der Waals surface area (Å²) < 4.78 is 30.2. The summed E-state index contributed by atoms with van der Waals surface area (Å²) in [4.78, 5) is 10.7. The van der Waals surface area contributed by atoms with E-state index in [0.29, 0.717) is 0 Å². The zero-order valence-electron chi connectivity index (χ0n) is 6.38. The molecule has 1 amide bonds. The molecule has 1 atom stereocenters. The van der Waals surface area contributed by atoms with E-state index in [1.54, 1.807) is 5.38 Å². The van der Waals surface area contributed by atoms with Gasteiger partial charge in [-0.3, -0.25) is 9.35 Å². The molecule has 1 heterocycles. The maximum absolute atomic E-state index is 10.7. The van der Waals surface area contributed by atoms with Gasteiger partial charge in [-0.05, 0) is 22.4 Å². The minimum absolute atomic E-state index is 0.194. The smallest absolute Gasteiger partial charge is 0.281 e. The summed E-state index contributed by atoms with van der Waals surface area (Å²) in [6.45, 7) is 0. The molecule has 1 aromatic rings. The second-order valence-electron chi connectivity index (χ2n) is 2.35. The van der Waals surface area contributed by atoms with Gasteiger partial charge >= 0.3 is 0 Å². The third-order valence-corrected chi connectivity index (χ3v) is 3.20. The molecule has 0 radical (unpaired) electrons. The van der Waals surface area contributed by atoms with E-state index >= 15 is 0 Å². The Balaban J connectivity index is 3.17. The molecule has 0 saturated carbocycles. The van der Waals surface area contributed by atoms with Crippen molar-refractivity contribution < 1.29 is 17.8 Å². The first kappa shape index (κ1) is 10.2. The number of carbonyl (C=O) groups excluding carboxylic acids is 1. The first-order chi connectivity index (χ1) is 5.93. The molecule has 72 valence electrons. The van der Waals surface area contributed by atoms with Crippen molar-refractivity contribution in [2.45, 2.75) is 5.25 Å². The lowest BCUT2D eigenvalue weighted by Gasteiger charge is -2.06. The van der Waals surface area contributed by atoms with Gasteiger partial charge in [0.15, 0.2) is 5.25 Å². The summed E-state index contributed by atoms with van der Waals surface area (Å²) in [5, 5.41) is 1.39. The van der Waals surface area contributed by atoms with E-state index in [1.165, 1.54) is 22.8 Å². The molecule has 5 nitrogen and oxygen atoms in total. The van der Waals surface area contributed by atoms with Crippen molar-refractivity contribution in [3.63, 3.8) is 0 Å². The second-order valence-corrected chi connectivity index (χ2v) is 4.64. The minimum atomic E-state index is -4.45. The molecule has 0 bridgehead atoms. The molecule has 0 spiro atoms. The van der Waals surface area contributed by atoms with E-state index in [4.69, 9.17) is 10.3 Å². The van der Waals surface area contributed by atoms with Gasteiger partial charge in [0.05, 0.1) is 0 Å². The van der Waals surface area contributed by atoms with Crippen LogP contribution in [0.5, 0.6) is 0 Å². The van der Waals surface area contributed by atoms with Crippen molar-refractivity contribution in [2.24, 2.45) is 5.73 Å². The van der Waals surface area contributed by atoms with Crippen molar-refractivity contribution in [3.8, 4) is 0 Å². The maximum atomic E-state index is 10.7. The number of nitrogens with two attached hydrogens (primary N) is 1. The van der Waals surface area contributed by atoms with Gasteiger partial charge in [0.2, 0.25) is 5.91 Å². The van der Waals surface area contributed by atoms with E-state index in [2.05, 4.69) is 0 Å². The molecule has 1 rings (SSSR count). The van der Waals surface area contributed by atoms with Crippen LogP contribution in [0.25, 0.3) is 0 Å². The number of rotatable bonds is 3. The van der Waals surface area contributed by atoms with Crippen LogP contribution in [0.1, 0.15) is 10.8 Å². The highest BCUT2D eigenvalue weighted by atomic mass is 32.2. The predicted molar refractivity (Wildman–Crippen MR) is 47.8 cm³/mol. The molecule has 0 saturated heterocycles. The number of carbonyl (C=O) groups is 1. The van der Waals surface area contributed by atoms with Crippen molar-refractivity contribution in [1.82, 2.24) is 0 Å². The van der Waals surface area contributed by atoms with Gasteiger partial charge in [0.1, 0.15) is 0 Å². The molecule has 3 N–H and O–H groups in total. The third kappa shape index (κ3) is 2.27. The molecule has 0 aliphatic carbocycles. The Morgan fingerprint density at radius 2 is 2.23 bits per heavy atom. The van der Waals surface area contributed by atoms with Crippen LogP contribution >= 0.6 is 11.3 Å². The van der Waals surface area contributed by atoms with Gasteiger partial charge in [-0.15, -0.1) is 0 Å². The Morgan fingerprint density at radius 3 is 2.54 bits per heavy atom. The number of hydrogen-bond acceptors (Lipinski definition) is 4. The number of amides is 1. The van der Waals surface area contributed by atoms with E-state index in [0.717, 1.165) is 0 Å². The van der Waals surface area contributed by atoms with Crippen LogP contribution in [0.15, 0.2) is 16.8 Å². The fraction of sp³-hybridized carbons (Fsp3) is 0.167. The van der Waals surface area contributed by atoms with E-state index in [1.807, 2.05) is 0 Å². The van der Waals surface area contributed by atoms with Crippen LogP contribution in [-0.2, 0) is 14.9 Å². The fourth-order valence-electron chi connectivity index (χ4n) is 0.907. The van der Waals surface area contributed by atoms with Crippen molar-refractivity contribution in [2.75, 3.05) is 0 Å². The van der Waals surface area contributed by atoms with Gasteiger partial charge in [0, 0.05) is 0 Å². The lowest BCUT2D eigenvalue weighted by molar-refractivity contribution is -0.117. The Kier molecular flexibility index (Phi) is 2.69. The van der Waals surface area contributed by atoms with Crippen LogP contribution in [-0.4, -0.2) is 18.9 Å². The summed E-state index contributed by atoms with van der Waals surface area (Å²) in [6, 6.07) is 1.42. The van der Waals surface area contributed by atoms with Gasteiger partial charge in [-0.2, -0.15) is 19.8 Å². The van der Waals surface area contributed by atoms with Gasteiger partial charge in [-0.25, -0.2) is 0 Å². The monoisotopic (exact) mass is 221 g/mol. The quantitative estimate of drug-likeness (QED) is 0.710. The Labute approximate surface area is 78.9 Å². The zero-order chi connectivity index (χ0) is 10.1. The second kappa shape index (κ2) is 3.44. The predicted octanol–water partition coefficient (Wildman–Crippen LogP) is 0.162. The Bertz CT molecular complexity index is 394. The molecule has 0 aliphatic heterocycles. The molecule has 0 aliphatic rings. The maximum Gasteiger partial charge on any atom is 0.281 e. The molecule has 13 heavy (non-hydrogen) atoms. The normalized spacial score (nSPS) is 13.9. The summed E-state index contributed by atoms with van der Waals surface area (Å²) >= 11 is 1.22. The number of hydrogen-bond donors (Lipinski definition) is 2. The zero-order valence-corrected chi connectivity index (χ0v) is 8.01. The van der Waals surface area contributed by atoms with Crippen LogP contribution in [0.4, 0.5) is 0 Å². The first-order valence-electron chi connectivity index (χ1n) is 3.20.